The Kier molecular flexibility index (Phi) is 6.66. The Bertz CT molecular complexity index is 3230. The van der Waals surface area contributed by atoms with Crippen LogP contribution in [0, 0.1) is 0 Å². The van der Waals surface area contributed by atoms with Crippen LogP contribution in [0.25, 0.3) is 98.8 Å². The molecule has 0 radical (unpaired) electrons. The average molecular weight is 681 g/mol. The van der Waals surface area contributed by atoms with E-state index in [0.29, 0.717) is 0 Å². The predicted octanol–water partition coefficient (Wildman–Crippen LogP) is 13.9. The number of benzene rings is 8. The van der Waals surface area contributed by atoms with Crippen molar-refractivity contribution in [2.75, 3.05) is 0 Å². The average Bonchev–Trinajstić information content (AvgIpc) is 3.87. The van der Waals surface area contributed by atoms with E-state index in [1.807, 2.05) is 0 Å². The molecule has 0 saturated heterocycles. The van der Waals surface area contributed by atoms with Gasteiger partial charge >= 0.3 is 0 Å². The molecular formula is C50H36N2O. The molecule has 252 valence electrons. The summed E-state index contributed by atoms with van der Waals surface area (Å²) in [5.74, 6) is 0. The quantitative estimate of drug-likeness (QED) is 0.171. The molecule has 3 nitrogen and oxygen atoms in total. The van der Waals surface area contributed by atoms with Crippen molar-refractivity contribution in [3.05, 3.63) is 169 Å². The second-order valence-corrected chi connectivity index (χ2v) is 14.4. The number of hydrogen-bond donors (Lipinski definition) is 0. The Morgan fingerprint density at radius 1 is 0.453 bits per heavy atom. The molecule has 53 heavy (non-hydrogen) atoms. The highest BCUT2D eigenvalue weighted by Gasteiger charge is 2.19. The van der Waals surface area contributed by atoms with Crippen molar-refractivity contribution < 1.29 is 4.42 Å². The minimum absolute atomic E-state index is 0.926. The fourth-order valence-corrected chi connectivity index (χ4v) is 8.70. The van der Waals surface area contributed by atoms with Crippen LogP contribution >= 0.6 is 0 Å². The van der Waals surface area contributed by atoms with Crippen LogP contribution in [0.2, 0.25) is 0 Å². The molecule has 3 heterocycles. The van der Waals surface area contributed by atoms with Gasteiger partial charge in [0.2, 0.25) is 0 Å². The van der Waals surface area contributed by atoms with Crippen molar-refractivity contribution in [1.82, 2.24) is 9.13 Å². The van der Waals surface area contributed by atoms with Gasteiger partial charge in [0.15, 0.2) is 5.58 Å². The highest BCUT2D eigenvalue weighted by Crippen LogP contribution is 2.41. The van der Waals surface area contributed by atoms with Crippen molar-refractivity contribution in [2.24, 2.45) is 0 Å². The van der Waals surface area contributed by atoms with Crippen molar-refractivity contribution in [1.29, 1.82) is 0 Å². The molecule has 0 fully saturated rings. The van der Waals surface area contributed by atoms with Crippen LogP contribution in [-0.4, -0.2) is 9.13 Å². The lowest BCUT2D eigenvalue weighted by Gasteiger charge is -2.10. The summed E-state index contributed by atoms with van der Waals surface area (Å²) >= 11 is 0. The number of furan rings is 1. The lowest BCUT2D eigenvalue weighted by atomic mass is 10.0. The zero-order chi connectivity index (χ0) is 35.0. The molecule has 0 N–H and O–H groups in total. The fourth-order valence-electron chi connectivity index (χ4n) is 8.70. The predicted molar refractivity (Wildman–Crippen MR) is 224 cm³/mol. The Morgan fingerprint density at radius 2 is 1.09 bits per heavy atom. The Balaban J connectivity index is 1.08. The Labute approximate surface area is 306 Å². The summed E-state index contributed by atoms with van der Waals surface area (Å²) in [6.07, 6.45) is 3.47. The molecule has 11 rings (SSSR count). The Hall–Kier alpha value is -6.58. The number of rotatable bonds is 6. The lowest BCUT2D eigenvalue weighted by Crippen LogP contribution is -1.94. The second kappa shape index (κ2) is 11.7. The zero-order valence-corrected chi connectivity index (χ0v) is 29.5. The topological polar surface area (TPSA) is 23.0 Å². The van der Waals surface area contributed by atoms with Crippen LogP contribution in [0.5, 0.6) is 0 Å². The summed E-state index contributed by atoms with van der Waals surface area (Å²) in [5.41, 5.74) is 12.6. The van der Waals surface area contributed by atoms with Gasteiger partial charge in [-0.25, -0.2) is 0 Å². The van der Waals surface area contributed by atoms with E-state index in [0.717, 1.165) is 28.7 Å². The standard InChI is InChI=1S/C50H36N2O/c1-2-3-11-32-20-27-49-43(28-32)40-16-10-19-48(50(40)53-49)52-45-18-9-7-15-39(45)42-31-36(23-26-47(42)52)35-22-25-46-41(30-35)38-14-6-8-17-44(38)51(46)37-24-21-33-12-4-5-13-34(33)29-37/h4-10,12-31H,2-3,11H2,1H3. The largest absolute Gasteiger partial charge is 0.454 e. The summed E-state index contributed by atoms with van der Waals surface area (Å²) in [6.45, 7) is 2.25. The van der Waals surface area contributed by atoms with Crippen molar-refractivity contribution in [3.63, 3.8) is 0 Å². The maximum absolute atomic E-state index is 6.67. The minimum atomic E-state index is 0.926. The molecule has 0 atom stereocenters. The van der Waals surface area contributed by atoms with Crippen molar-refractivity contribution in [3.8, 4) is 22.5 Å². The molecule has 3 heteroatoms. The molecule has 0 aliphatic heterocycles. The van der Waals surface area contributed by atoms with Gasteiger partial charge in [-0.1, -0.05) is 110 Å². The van der Waals surface area contributed by atoms with Crippen LogP contribution in [0.4, 0.5) is 0 Å². The smallest absolute Gasteiger partial charge is 0.159 e. The first-order valence-corrected chi connectivity index (χ1v) is 18.7. The van der Waals surface area contributed by atoms with E-state index >= 15 is 0 Å². The van der Waals surface area contributed by atoms with Gasteiger partial charge in [-0.15, -0.1) is 0 Å². The highest BCUT2D eigenvalue weighted by molar-refractivity contribution is 6.14. The number of fused-ring (bicyclic) bond motifs is 10. The molecule has 3 aromatic heterocycles. The van der Waals surface area contributed by atoms with Gasteiger partial charge in [0.05, 0.1) is 27.8 Å². The van der Waals surface area contributed by atoms with E-state index in [1.165, 1.54) is 95.0 Å². The first-order chi connectivity index (χ1) is 26.2. The van der Waals surface area contributed by atoms with E-state index in [2.05, 4.69) is 180 Å². The summed E-state index contributed by atoms with van der Waals surface area (Å²) in [5, 5.41) is 9.81. The number of aromatic nitrogens is 2. The summed E-state index contributed by atoms with van der Waals surface area (Å²) in [4.78, 5) is 0. The molecule has 0 amide bonds. The first kappa shape index (κ1) is 30.1. The maximum Gasteiger partial charge on any atom is 0.159 e. The highest BCUT2D eigenvalue weighted by atomic mass is 16.3. The van der Waals surface area contributed by atoms with E-state index in [1.54, 1.807) is 0 Å². The molecular weight excluding hydrogens is 645 g/mol. The molecule has 8 aromatic carbocycles. The van der Waals surface area contributed by atoms with Crippen LogP contribution in [0.15, 0.2) is 168 Å². The van der Waals surface area contributed by atoms with Crippen LogP contribution in [0.3, 0.4) is 0 Å². The van der Waals surface area contributed by atoms with Gasteiger partial charge in [0, 0.05) is 38.0 Å². The molecule has 0 spiro atoms. The van der Waals surface area contributed by atoms with Gasteiger partial charge < -0.3 is 13.6 Å². The van der Waals surface area contributed by atoms with Crippen molar-refractivity contribution in [2.45, 2.75) is 26.2 Å². The molecule has 0 unspecified atom stereocenters. The van der Waals surface area contributed by atoms with Gasteiger partial charge in [-0.05, 0) is 107 Å². The summed E-state index contributed by atoms with van der Waals surface area (Å²) in [7, 11) is 0. The second-order valence-electron chi connectivity index (χ2n) is 14.4. The Morgan fingerprint density at radius 3 is 1.85 bits per heavy atom. The lowest BCUT2D eigenvalue weighted by molar-refractivity contribution is 0.666. The molecule has 11 aromatic rings. The van der Waals surface area contributed by atoms with E-state index in [-0.39, 0.29) is 0 Å². The maximum atomic E-state index is 6.67. The van der Waals surface area contributed by atoms with Gasteiger partial charge in [-0.2, -0.15) is 0 Å². The third-order valence-corrected chi connectivity index (χ3v) is 11.3. The first-order valence-electron chi connectivity index (χ1n) is 18.7. The van der Waals surface area contributed by atoms with Crippen molar-refractivity contribution >= 4 is 76.3 Å². The molecule has 0 saturated carbocycles. The van der Waals surface area contributed by atoms with Gasteiger partial charge in [0.25, 0.3) is 0 Å². The normalized spacial score (nSPS) is 12.1. The number of hydrogen-bond acceptors (Lipinski definition) is 1. The third-order valence-electron chi connectivity index (χ3n) is 11.3. The van der Waals surface area contributed by atoms with Gasteiger partial charge in [-0.3, -0.25) is 0 Å². The van der Waals surface area contributed by atoms with E-state index < -0.39 is 0 Å². The fraction of sp³-hybridized carbons (Fsp3) is 0.0800. The SMILES string of the molecule is CCCCc1ccc2oc3c(-n4c5ccccc5c5cc(-c6ccc7c(c6)c6ccccc6n7-c6ccc7ccccc7c6)ccc54)cccc3c2c1. The van der Waals surface area contributed by atoms with Crippen LogP contribution in [0.1, 0.15) is 25.3 Å². The van der Waals surface area contributed by atoms with E-state index in [9.17, 15) is 0 Å². The zero-order valence-electron chi connectivity index (χ0n) is 29.5. The molecule has 0 aliphatic carbocycles. The third kappa shape index (κ3) is 4.60. The summed E-state index contributed by atoms with van der Waals surface area (Å²) in [6, 6.07) is 60.0. The monoisotopic (exact) mass is 680 g/mol. The van der Waals surface area contributed by atoms with Crippen LogP contribution in [-0.2, 0) is 6.42 Å². The number of para-hydroxylation sites is 3. The minimum Gasteiger partial charge on any atom is -0.454 e. The molecule has 0 bridgehead atoms. The summed E-state index contributed by atoms with van der Waals surface area (Å²) < 4.78 is 11.5. The number of unbranched alkanes of at least 4 members (excludes halogenated alkanes) is 1. The number of nitrogens with zero attached hydrogens (tertiary/aromatic N) is 2. The molecule has 0 aliphatic rings. The van der Waals surface area contributed by atoms with Gasteiger partial charge in [0.1, 0.15) is 5.58 Å². The number of aryl methyl sites for hydroxylation is 1. The van der Waals surface area contributed by atoms with Crippen LogP contribution < -0.4 is 0 Å². The van der Waals surface area contributed by atoms with E-state index in [4.69, 9.17) is 4.42 Å².